The second kappa shape index (κ2) is 7.02. The lowest BCUT2D eigenvalue weighted by atomic mass is 10.1. The minimum atomic E-state index is -0.431. The van der Waals surface area contributed by atoms with Crippen LogP contribution in [0.3, 0.4) is 0 Å². The highest BCUT2D eigenvalue weighted by atomic mass is 35.5. The lowest BCUT2D eigenvalue weighted by Gasteiger charge is -2.11. The molecule has 0 radical (unpaired) electrons. The number of halogens is 2. The summed E-state index contributed by atoms with van der Waals surface area (Å²) in [5.41, 5.74) is 1.96. The molecule has 0 aliphatic heterocycles. The smallest absolute Gasteiger partial charge is 0.281 e. The van der Waals surface area contributed by atoms with Gasteiger partial charge >= 0.3 is 0 Å². The number of aromatic nitrogens is 3. The van der Waals surface area contributed by atoms with Crippen LogP contribution in [0.25, 0.3) is 16.6 Å². The molecule has 0 aliphatic carbocycles. The van der Waals surface area contributed by atoms with E-state index in [0.717, 1.165) is 5.56 Å². The van der Waals surface area contributed by atoms with Crippen LogP contribution < -0.4 is 10.3 Å². The van der Waals surface area contributed by atoms with E-state index in [1.807, 2.05) is 31.2 Å². The molecule has 0 aliphatic rings. The largest absolute Gasteiger partial charge is 0.438 e. The zero-order valence-electron chi connectivity index (χ0n) is 14.2. The Kier molecular flexibility index (Phi) is 4.56. The fraction of sp³-hybridized carbons (Fsp3) is 0.0500. The lowest BCUT2D eigenvalue weighted by molar-refractivity contribution is 0.452. The molecule has 0 saturated heterocycles. The third kappa shape index (κ3) is 3.39. The Morgan fingerprint density at radius 2 is 1.63 bits per heavy atom. The Morgan fingerprint density at radius 3 is 2.33 bits per heavy atom. The fourth-order valence-electron chi connectivity index (χ4n) is 2.74. The Bertz CT molecular complexity index is 1180. The average molecular weight is 398 g/mol. The summed E-state index contributed by atoms with van der Waals surface area (Å²) < 4.78 is 7.25. The summed E-state index contributed by atoms with van der Waals surface area (Å²) in [6.07, 6.45) is 1.34. The fourth-order valence-corrected chi connectivity index (χ4v) is 3.33. The molecule has 2 aromatic heterocycles. The number of hydrogen-bond donors (Lipinski definition) is 0. The van der Waals surface area contributed by atoms with Gasteiger partial charge in [-0.2, -0.15) is 4.98 Å². The summed E-state index contributed by atoms with van der Waals surface area (Å²) in [6.45, 7) is 2.00. The lowest BCUT2D eigenvalue weighted by Crippen LogP contribution is -2.14. The van der Waals surface area contributed by atoms with Crippen LogP contribution in [0.4, 0.5) is 0 Å². The second-order valence-corrected chi connectivity index (χ2v) is 6.75. The van der Waals surface area contributed by atoms with Gasteiger partial charge in [0.2, 0.25) is 5.88 Å². The van der Waals surface area contributed by atoms with Crippen LogP contribution in [-0.4, -0.2) is 14.6 Å². The van der Waals surface area contributed by atoms with Crippen LogP contribution in [-0.2, 0) is 0 Å². The molecule has 4 aromatic rings. The van der Waals surface area contributed by atoms with Gasteiger partial charge in [0.1, 0.15) is 12.1 Å². The van der Waals surface area contributed by atoms with Gasteiger partial charge in [-0.25, -0.2) is 4.52 Å². The van der Waals surface area contributed by atoms with Crippen molar-refractivity contribution in [3.05, 3.63) is 86.9 Å². The normalized spacial score (nSPS) is 10.9. The second-order valence-electron chi connectivity index (χ2n) is 5.94. The first-order valence-electron chi connectivity index (χ1n) is 8.10. The molecule has 0 saturated carbocycles. The Balaban J connectivity index is 1.84. The highest BCUT2D eigenvalue weighted by Gasteiger charge is 2.17. The van der Waals surface area contributed by atoms with Crippen molar-refractivity contribution in [2.45, 2.75) is 6.92 Å². The summed E-state index contributed by atoms with van der Waals surface area (Å²) in [4.78, 5) is 16.3. The van der Waals surface area contributed by atoms with Crippen molar-refractivity contribution in [2.75, 3.05) is 0 Å². The first-order chi connectivity index (χ1) is 13.0. The Morgan fingerprint density at radius 1 is 0.926 bits per heavy atom. The van der Waals surface area contributed by atoms with E-state index in [-0.39, 0.29) is 0 Å². The van der Waals surface area contributed by atoms with E-state index in [0.29, 0.717) is 38.3 Å². The molecule has 5 nitrogen and oxygen atoms in total. The van der Waals surface area contributed by atoms with Crippen LogP contribution in [0, 0.1) is 6.92 Å². The molecule has 2 aromatic carbocycles. The van der Waals surface area contributed by atoms with Gasteiger partial charge in [-0.1, -0.05) is 47.0 Å². The molecule has 0 fully saturated rings. The molecule has 0 atom stereocenters. The summed E-state index contributed by atoms with van der Waals surface area (Å²) >= 11 is 12.6. The van der Waals surface area contributed by atoms with Gasteiger partial charge in [0.25, 0.3) is 5.56 Å². The summed E-state index contributed by atoms with van der Waals surface area (Å²) in [7, 11) is 0. The molecule has 27 heavy (non-hydrogen) atoms. The number of hydrogen-bond acceptors (Lipinski definition) is 4. The number of fused-ring (bicyclic) bond motifs is 1. The Labute approximate surface area is 164 Å². The zero-order chi connectivity index (χ0) is 19.0. The van der Waals surface area contributed by atoms with E-state index in [1.54, 1.807) is 30.3 Å². The minimum absolute atomic E-state index is 0.294. The molecule has 0 bridgehead atoms. The van der Waals surface area contributed by atoms with Gasteiger partial charge in [0, 0.05) is 11.6 Å². The first-order valence-corrected chi connectivity index (χ1v) is 8.86. The van der Waals surface area contributed by atoms with Crippen molar-refractivity contribution < 1.29 is 4.74 Å². The average Bonchev–Trinajstić information content (AvgIpc) is 2.65. The molecular weight excluding hydrogens is 385 g/mol. The van der Waals surface area contributed by atoms with Gasteiger partial charge in [-0.15, -0.1) is 5.10 Å². The standard InChI is InChI=1S/C20H13Cl2N3O2/c1-12-5-7-13(8-6-12)27-17-10-9-16-19(20(26)23-11-25(16)24-17)18-14(21)3-2-4-15(18)22/h2-11H,1H3. The van der Waals surface area contributed by atoms with Gasteiger partial charge < -0.3 is 4.74 Å². The van der Waals surface area contributed by atoms with Crippen LogP contribution in [0.2, 0.25) is 10.0 Å². The van der Waals surface area contributed by atoms with Crippen molar-refractivity contribution in [3.8, 4) is 22.8 Å². The van der Waals surface area contributed by atoms with Gasteiger partial charge in [0.15, 0.2) is 0 Å². The van der Waals surface area contributed by atoms with Crippen molar-refractivity contribution in [1.29, 1.82) is 0 Å². The van der Waals surface area contributed by atoms with Gasteiger partial charge in [-0.05, 0) is 37.3 Å². The summed E-state index contributed by atoms with van der Waals surface area (Å²) in [5, 5.41) is 5.13. The zero-order valence-corrected chi connectivity index (χ0v) is 15.7. The topological polar surface area (TPSA) is 56.5 Å². The number of rotatable bonds is 3. The van der Waals surface area contributed by atoms with E-state index < -0.39 is 5.56 Å². The third-order valence-electron chi connectivity index (χ3n) is 4.05. The molecule has 4 rings (SSSR count). The predicted octanol–water partition coefficient (Wildman–Crippen LogP) is 5.16. The van der Waals surface area contributed by atoms with Crippen LogP contribution >= 0.6 is 23.2 Å². The molecule has 0 N–H and O–H groups in total. The number of benzene rings is 2. The quantitative estimate of drug-likeness (QED) is 0.478. The molecule has 7 heteroatoms. The number of ether oxygens (including phenoxy) is 1. The monoisotopic (exact) mass is 397 g/mol. The maximum atomic E-state index is 12.4. The predicted molar refractivity (Wildman–Crippen MR) is 106 cm³/mol. The van der Waals surface area contributed by atoms with Gasteiger partial charge in [0.05, 0.1) is 21.1 Å². The summed E-state index contributed by atoms with van der Waals surface area (Å²) in [6, 6.07) is 16.1. The van der Waals surface area contributed by atoms with Gasteiger partial charge in [-0.3, -0.25) is 4.79 Å². The van der Waals surface area contributed by atoms with Crippen molar-refractivity contribution in [1.82, 2.24) is 14.6 Å². The molecule has 134 valence electrons. The highest BCUT2D eigenvalue weighted by Crippen LogP contribution is 2.34. The molecular formula is C20H13Cl2N3O2. The number of nitrogens with zero attached hydrogens (tertiary/aromatic N) is 3. The summed E-state index contributed by atoms with van der Waals surface area (Å²) in [5.74, 6) is 1.03. The SMILES string of the molecule is Cc1ccc(Oc2ccc3c(-c4c(Cl)cccc4Cl)c(=O)ncn3n2)cc1. The van der Waals surface area contributed by atoms with Crippen molar-refractivity contribution >= 4 is 28.7 Å². The van der Waals surface area contributed by atoms with E-state index in [9.17, 15) is 4.79 Å². The van der Waals surface area contributed by atoms with Crippen molar-refractivity contribution in [3.63, 3.8) is 0 Å². The van der Waals surface area contributed by atoms with Crippen LogP contribution in [0.15, 0.2) is 65.7 Å². The van der Waals surface area contributed by atoms with Crippen LogP contribution in [0.5, 0.6) is 11.6 Å². The highest BCUT2D eigenvalue weighted by molar-refractivity contribution is 6.39. The van der Waals surface area contributed by atoms with E-state index in [2.05, 4.69) is 10.1 Å². The minimum Gasteiger partial charge on any atom is -0.438 e. The van der Waals surface area contributed by atoms with E-state index in [4.69, 9.17) is 27.9 Å². The van der Waals surface area contributed by atoms with E-state index >= 15 is 0 Å². The molecule has 0 unspecified atom stereocenters. The maximum Gasteiger partial charge on any atom is 0.281 e. The molecule has 0 amide bonds. The maximum absolute atomic E-state index is 12.4. The molecule has 0 spiro atoms. The first kappa shape index (κ1) is 17.5. The van der Waals surface area contributed by atoms with E-state index in [1.165, 1.54) is 10.8 Å². The number of aryl methyl sites for hydroxylation is 1. The Hall–Kier alpha value is -2.89. The van der Waals surface area contributed by atoms with Crippen LogP contribution in [0.1, 0.15) is 5.56 Å². The third-order valence-corrected chi connectivity index (χ3v) is 4.68. The van der Waals surface area contributed by atoms with Crippen molar-refractivity contribution in [2.24, 2.45) is 0 Å². The molecule has 2 heterocycles.